The summed E-state index contributed by atoms with van der Waals surface area (Å²) in [6, 6.07) is 6.58. The van der Waals surface area contributed by atoms with Crippen LogP contribution in [0.5, 0.6) is 0 Å². The number of guanidine groups is 1. The number of methoxy groups -OCH3 is 1. The zero-order valence-corrected chi connectivity index (χ0v) is 19.5. The molecule has 0 atom stereocenters. The van der Waals surface area contributed by atoms with Gasteiger partial charge in [-0.05, 0) is 37.5 Å². The van der Waals surface area contributed by atoms with Gasteiger partial charge < -0.3 is 24.4 Å². The second-order valence-corrected chi connectivity index (χ2v) is 7.97. The Kier molecular flexibility index (Phi) is 8.70. The molecular weight excluding hydrogens is 390 g/mol. The third kappa shape index (κ3) is 6.19. The van der Waals surface area contributed by atoms with Gasteiger partial charge in [0.25, 0.3) is 0 Å². The first kappa shape index (κ1) is 23.1. The summed E-state index contributed by atoms with van der Waals surface area (Å²) in [5.74, 6) is 2.00. The number of nitrogens with zero attached hydrogens (tertiary/aromatic N) is 6. The molecule has 1 N–H and O–H groups in total. The molecule has 0 bridgehead atoms. The second-order valence-electron chi connectivity index (χ2n) is 7.97. The third-order valence-corrected chi connectivity index (χ3v) is 5.91. The maximum Gasteiger partial charge on any atom is 0.194 e. The molecule has 8 heteroatoms. The predicted molar refractivity (Wildman–Crippen MR) is 126 cm³/mol. The summed E-state index contributed by atoms with van der Waals surface area (Å²) in [6.07, 6.45) is 3.62. The van der Waals surface area contributed by atoms with E-state index in [2.05, 4.69) is 68.9 Å². The topological polar surface area (TPSA) is 70.8 Å². The smallest absolute Gasteiger partial charge is 0.194 e. The van der Waals surface area contributed by atoms with E-state index in [1.165, 1.54) is 16.8 Å². The van der Waals surface area contributed by atoms with E-state index in [0.29, 0.717) is 0 Å². The van der Waals surface area contributed by atoms with Crippen molar-refractivity contribution in [1.29, 1.82) is 0 Å². The SMILES string of the molecule is CCc1nncn1CCNC(=NCCCOC)N1CCN(c2cccc(C)c2C)CC1. The van der Waals surface area contributed by atoms with Crippen LogP contribution in [0.4, 0.5) is 5.69 Å². The van der Waals surface area contributed by atoms with E-state index in [-0.39, 0.29) is 0 Å². The Morgan fingerprint density at radius 3 is 2.74 bits per heavy atom. The molecule has 1 aromatic carbocycles. The van der Waals surface area contributed by atoms with Crippen LogP contribution in [0.15, 0.2) is 29.5 Å². The molecule has 0 spiro atoms. The van der Waals surface area contributed by atoms with Gasteiger partial charge in [0, 0.05) is 71.6 Å². The zero-order valence-electron chi connectivity index (χ0n) is 19.5. The molecule has 0 amide bonds. The molecule has 0 unspecified atom stereocenters. The van der Waals surface area contributed by atoms with Crippen molar-refractivity contribution in [3.8, 4) is 0 Å². The van der Waals surface area contributed by atoms with Gasteiger partial charge in [0.05, 0.1) is 0 Å². The fourth-order valence-corrected chi connectivity index (χ4v) is 3.93. The van der Waals surface area contributed by atoms with Crippen LogP contribution in [0.3, 0.4) is 0 Å². The number of aryl methyl sites for hydroxylation is 2. The van der Waals surface area contributed by atoms with E-state index in [0.717, 1.165) is 77.0 Å². The number of aliphatic imine (C=N–C) groups is 1. The zero-order chi connectivity index (χ0) is 22.1. The molecule has 2 aromatic rings. The van der Waals surface area contributed by atoms with Crippen molar-refractivity contribution in [3.63, 3.8) is 0 Å². The summed E-state index contributed by atoms with van der Waals surface area (Å²) >= 11 is 0. The molecule has 1 aromatic heterocycles. The number of anilines is 1. The lowest BCUT2D eigenvalue weighted by molar-refractivity contribution is 0.197. The van der Waals surface area contributed by atoms with Crippen molar-refractivity contribution in [1.82, 2.24) is 25.0 Å². The summed E-state index contributed by atoms with van der Waals surface area (Å²) in [5.41, 5.74) is 4.08. The molecule has 3 rings (SSSR count). The van der Waals surface area contributed by atoms with Crippen LogP contribution >= 0.6 is 0 Å². The first-order valence-electron chi connectivity index (χ1n) is 11.3. The number of hydrogen-bond acceptors (Lipinski definition) is 5. The number of aromatic nitrogens is 3. The van der Waals surface area contributed by atoms with Crippen molar-refractivity contribution < 1.29 is 4.74 Å². The molecule has 8 nitrogen and oxygen atoms in total. The summed E-state index contributed by atoms with van der Waals surface area (Å²) in [4.78, 5) is 9.74. The largest absolute Gasteiger partial charge is 0.385 e. The Bertz CT molecular complexity index is 840. The number of rotatable bonds is 9. The van der Waals surface area contributed by atoms with Gasteiger partial charge in [0.1, 0.15) is 12.2 Å². The van der Waals surface area contributed by atoms with Gasteiger partial charge in [0.2, 0.25) is 0 Å². The van der Waals surface area contributed by atoms with E-state index < -0.39 is 0 Å². The molecule has 170 valence electrons. The molecule has 1 aliphatic rings. The molecule has 2 heterocycles. The van der Waals surface area contributed by atoms with Gasteiger partial charge in [0.15, 0.2) is 5.96 Å². The fourth-order valence-electron chi connectivity index (χ4n) is 3.93. The summed E-state index contributed by atoms with van der Waals surface area (Å²) in [6.45, 7) is 13.5. The van der Waals surface area contributed by atoms with E-state index >= 15 is 0 Å². The molecule has 1 fully saturated rings. The Morgan fingerprint density at radius 1 is 1.19 bits per heavy atom. The first-order chi connectivity index (χ1) is 15.1. The van der Waals surface area contributed by atoms with Gasteiger partial charge in [-0.1, -0.05) is 19.1 Å². The number of benzene rings is 1. The van der Waals surface area contributed by atoms with Gasteiger partial charge >= 0.3 is 0 Å². The average Bonchev–Trinajstić information content (AvgIpc) is 3.25. The minimum atomic E-state index is 0.734. The maximum atomic E-state index is 5.18. The molecule has 0 aliphatic carbocycles. The summed E-state index contributed by atoms with van der Waals surface area (Å²) < 4.78 is 7.29. The Balaban J connectivity index is 1.59. The second kappa shape index (κ2) is 11.7. The number of nitrogens with one attached hydrogen (secondary N) is 1. The van der Waals surface area contributed by atoms with Crippen molar-refractivity contribution in [2.75, 3.05) is 57.9 Å². The maximum absolute atomic E-state index is 5.18. The highest BCUT2D eigenvalue weighted by Gasteiger charge is 2.21. The third-order valence-electron chi connectivity index (χ3n) is 5.91. The average molecular weight is 428 g/mol. The predicted octanol–water partition coefficient (Wildman–Crippen LogP) is 2.26. The van der Waals surface area contributed by atoms with Crippen molar-refractivity contribution in [2.45, 2.75) is 40.2 Å². The fraction of sp³-hybridized carbons (Fsp3) is 0.609. The molecule has 31 heavy (non-hydrogen) atoms. The van der Waals surface area contributed by atoms with E-state index in [9.17, 15) is 0 Å². The highest BCUT2D eigenvalue weighted by Crippen LogP contribution is 2.23. The highest BCUT2D eigenvalue weighted by molar-refractivity contribution is 5.80. The quantitative estimate of drug-likeness (QED) is 0.376. The van der Waals surface area contributed by atoms with Crippen LogP contribution in [-0.2, 0) is 17.7 Å². The van der Waals surface area contributed by atoms with E-state index in [1.54, 1.807) is 13.4 Å². The van der Waals surface area contributed by atoms with Crippen LogP contribution < -0.4 is 10.2 Å². The Labute approximate surface area is 186 Å². The minimum absolute atomic E-state index is 0.734. The van der Waals surface area contributed by atoms with Gasteiger partial charge in [-0.3, -0.25) is 4.99 Å². The number of ether oxygens (including phenoxy) is 1. The number of hydrogen-bond donors (Lipinski definition) is 1. The van der Waals surface area contributed by atoms with Crippen LogP contribution in [0.2, 0.25) is 0 Å². The molecule has 0 saturated carbocycles. The van der Waals surface area contributed by atoms with Crippen molar-refractivity contribution >= 4 is 11.6 Å². The Morgan fingerprint density at radius 2 is 2.00 bits per heavy atom. The summed E-state index contributed by atoms with van der Waals surface area (Å²) in [5, 5.41) is 11.8. The monoisotopic (exact) mass is 427 g/mol. The van der Waals surface area contributed by atoms with Gasteiger partial charge in [-0.2, -0.15) is 0 Å². The Hall–Kier alpha value is -2.61. The standard InChI is InChI=1S/C23H37N7O/c1-5-22-27-26-18-30(22)12-11-25-23(24-10-7-17-31-4)29-15-13-28(14-16-29)21-9-6-8-19(2)20(21)3/h6,8-9,18H,5,7,10-17H2,1-4H3,(H,24,25). The number of piperazine rings is 1. The normalized spacial score (nSPS) is 14.9. The molecule has 1 saturated heterocycles. The molecular formula is C23H37N7O. The van der Waals surface area contributed by atoms with Crippen LogP contribution in [0, 0.1) is 13.8 Å². The van der Waals surface area contributed by atoms with Crippen LogP contribution in [-0.4, -0.2) is 78.6 Å². The van der Waals surface area contributed by atoms with Crippen molar-refractivity contribution in [2.24, 2.45) is 4.99 Å². The molecule has 0 radical (unpaired) electrons. The van der Waals surface area contributed by atoms with Gasteiger partial charge in [-0.15, -0.1) is 10.2 Å². The first-order valence-corrected chi connectivity index (χ1v) is 11.3. The lowest BCUT2D eigenvalue weighted by atomic mass is 10.1. The lowest BCUT2D eigenvalue weighted by Gasteiger charge is -2.38. The lowest BCUT2D eigenvalue weighted by Crippen LogP contribution is -2.53. The minimum Gasteiger partial charge on any atom is -0.385 e. The van der Waals surface area contributed by atoms with E-state index in [1.807, 2.05) is 0 Å². The molecule has 1 aliphatic heterocycles. The van der Waals surface area contributed by atoms with E-state index in [4.69, 9.17) is 9.73 Å². The summed E-state index contributed by atoms with van der Waals surface area (Å²) in [7, 11) is 1.74. The van der Waals surface area contributed by atoms with Crippen molar-refractivity contribution in [3.05, 3.63) is 41.5 Å². The van der Waals surface area contributed by atoms with Crippen LogP contribution in [0.1, 0.15) is 30.3 Å². The highest BCUT2D eigenvalue weighted by atomic mass is 16.5. The van der Waals surface area contributed by atoms with Crippen LogP contribution in [0.25, 0.3) is 0 Å². The van der Waals surface area contributed by atoms with Gasteiger partial charge in [-0.25, -0.2) is 0 Å².